The van der Waals surface area contributed by atoms with Crippen molar-refractivity contribution in [1.82, 2.24) is 10.6 Å². The van der Waals surface area contributed by atoms with Crippen LogP contribution in [0.15, 0.2) is 53.7 Å². The second-order valence-electron chi connectivity index (χ2n) is 6.16. The summed E-state index contributed by atoms with van der Waals surface area (Å²) in [6, 6.07) is 11.6. The van der Waals surface area contributed by atoms with Crippen molar-refractivity contribution in [1.29, 1.82) is 0 Å². The van der Waals surface area contributed by atoms with Crippen LogP contribution in [0.3, 0.4) is 0 Å². The Morgan fingerprint density at radius 2 is 1.86 bits per heavy atom. The molecular formula is C20H21N3O4S. The summed E-state index contributed by atoms with van der Waals surface area (Å²) < 4.78 is 10.5. The molecule has 1 unspecified atom stereocenters. The van der Waals surface area contributed by atoms with Gasteiger partial charge in [-0.2, -0.15) is 0 Å². The van der Waals surface area contributed by atoms with Crippen molar-refractivity contribution < 1.29 is 19.4 Å². The molecule has 1 atom stereocenters. The molecular weight excluding hydrogens is 378 g/mol. The normalized spacial score (nSPS) is 16.1. The van der Waals surface area contributed by atoms with Crippen LogP contribution in [0.4, 0.5) is 5.69 Å². The van der Waals surface area contributed by atoms with Crippen molar-refractivity contribution in [2.45, 2.75) is 13.0 Å². The lowest BCUT2D eigenvalue weighted by Crippen LogP contribution is -2.45. The molecule has 0 aromatic heterocycles. The lowest BCUT2D eigenvalue weighted by Gasteiger charge is -2.30. The Hall–Kier alpha value is -3.26. The Bertz CT molecular complexity index is 958. The number of carbonyl (C=O) groups is 1. The number of methoxy groups -OCH3 is 2. The number of hydrogen-bond acceptors (Lipinski definition) is 5. The highest BCUT2D eigenvalue weighted by Crippen LogP contribution is 2.34. The van der Waals surface area contributed by atoms with Crippen molar-refractivity contribution in [2.24, 2.45) is 0 Å². The standard InChI is InChI=1S/C20H21N3O4S/c1-11-17(19(25)22-13-6-4-5-7-15(13)26-2)18(23-20(28)21-11)12-8-9-14(24)16(10-12)27-3/h4-10,18,24H,1-3H3,(H,22,25)(H2,21,23,28). The minimum absolute atomic E-state index is 0.0171. The SMILES string of the molecule is COc1cc(C2NC(=S)NC(C)=C2C(=O)Nc2ccccc2OC)ccc1O. The van der Waals surface area contributed by atoms with Gasteiger partial charge in [-0.25, -0.2) is 0 Å². The van der Waals surface area contributed by atoms with Gasteiger partial charge in [-0.15, -0.1) is 0 Å². The third-order valence-electron chi connectivity index (χ3n) is 4.41. The number of phenols is 1. The first kappa shape index (κ1) is 19.5. The molecule has 2 aromatic rings. The molecule has 1 aliphatic heterocycles. The smallest absolute Gasteiger partial charge is 0.255 e. The number of thiocarbonyl (C=S) groups is 1. The maximum atomic E-state index is 13.1. The lowest BCUT2D eigenvalue weighted by molar-refractivity contribution is -0.113. The summed E-state index contributed by atoms with van der Waals surface area (Å²) in [7, 11) is 3.01. The fourth-order valence-corrected chi connectivity index (χ4v) is 3.33. The van der Waals surface area contributed by atoms with Crippen LogP contribution in [-0.4, -0.2) is 30.3 Å². The second kappa shape index (κ2) is 8.18. The highest BCUT2D eigenvalue weighted by Gasteiger charge is 2.30. The van der Waals surface area contributed by atoms with Gasteiger partial charge in [0.05, 0.1) is 31.5 Å². The maximum absolute atomic E-state index is 13.1. The third-order valence-corrected chi connectivity index (χ3v) is 4.63. The van der Waals surface area contributed by atoms with E-state index in [1.54, 1.807) is 38.3 Å². The molecule has 7 nitrogen and oxygen atoms in total. The monoisotopic (exact) mass is 399 g/mol. The first-order chi connectivity index (χ1) is 13.4. The van der Waals surface area contributed by atoms with Gasteiger partial charge in [0.25, 0.3) is 5.91 Å². The maximum Gasteiger partial charge on any atom is 0.255 e. The Labute approximate surface area is 168 Å². The summed E-state index contributed by atoms with van der Waals surface area (Å²) in [4.78, 5) is 13.1. The van der Waals surface area contributed by atoms with Gasteiger partial charge in [-0.3, -0.25) is 4.79 Å². The molecule has 0 radical (unpaired) electrons. The van der Waals surface area contributed by atoms with Crippen molar-refractivity contribution in [3.05, 3.63) is 59.3 Å². The van der Waals surface area contributed by atoms with Gasteiger partial charge in [-0.05, 0) is 49.0 Å². The number of aromatic hydroxyl groups is 1. The van der Waals surface area contributed by atoms with E-state index >= 15 is 0 Å². The van der Waals surface area contributed by atoms with E-state index < -0.39 is 6.04 Å². The zero-order chi connectivity index (χ0) is 20.3. The Morgan fingerprint density at radius 3 is 2.57 bits per heavy atom. The molecule has 0 aliphatic carbocycles. The predicted octanol–water partition coefficient (Wildman–Crippen LogP) is 2.84. The van der Waals surface area contributed by atoms with Crippen LogP contribution in [0.2, 0.25) is 0 Å². The van der Waals surface area contributed by atoms with Crippen LogP contribution >= 0.6 is 12.2 Å². The van der Waals surface area contributed by atoms with E-state index in [4.69, 9.17) is 21.7 Å². The Balaban J connectivity index is 1.99. The minimum Gasteiger partial charge on any atom is -0.504 e. The highest BCUT2D eigenvalue weighted by atomic mass is 32.1. The van der Waals surface area contributed by atoms with Crippen LogP contribution < -0.4 is 25.4 Å². The number of amides is 1. The molecule has 1 aliphatic rings. The van der Waals surface area contributed by atoms with Crippen LogP contribution in [0.25, 0.3) is 0 Å². The molecule has 146 valence electrons. The number of phenolic OH excluding ortho intramolecular Hbond substituents is 1. The average molecular weight is 399 g/mol. The minimum atomic E-state index is -0.516. The van der Waals surface area contributed by atoms with Gasteiger partial charge in [0.15, 0.2) is 16.6 Å². The first-order valence-corrected chi connectivity index (χ1v) is 8.95. The average Bonchev–Trinajstić information content (AvgIpc) is 2.68. The Morgan fingerprint density at radius 1 is 1.14 bits per heavy atom. The number of rotatable bonds is 5. The van der Waals surface area contributed by atoms with Gasteiger partial charge in [0.2, 0.25) is 0 Å². The molecule has 0 fully saturated rings. The van der Waals surface area contributed by atoms with Crippen LogP contribution in [0, 0.1) is 0 Å². The third kappa shape index (κ3) is 3.86. The molecule has 0 spiro atoms. The van der Waals surface area contributed by atoms with Gasteiger partial charge in [0, 0.05) is 5.70 Å². The van der Waals surface area contributed by atoms with Crippen molar-refractivity contribution in [3.8, 4) is 17.2 Å². The molecule has 8 heteroatoms. The summed E-state index contributed by atoms with van der Waals surface area (Å²) in [6.45, 7) is 1.79. The molecule has 1 amide bonds. The highest BCUT2D eigenvalue weighted by molar-refractivity contribution is 7.80. The van der Waals surface area contributed by atoms with Gasteiger partial charge < -0.3 is 30.5 Å². The zero-order valence-corrected chi connectivity index (χ0v) is 16.5. The Kier molecular flexibility index (Phi) is 5.70. The number of hydrogen-bond donors (Lipinski definition) is 4. The molecule has 4 N–H and O–H groups in total. The second-order valence-corrected chi connectivity index (χ2v) is 6.56. The summed E-state index contributed by atoms with van der Waals surface area (Å²) in [5.74, 6) is 0.583. The largest absolute Gasteiger partial charge is 0.504 e. The topological polar surface area (TPSA) is 91.9 Å². The quantitative estimate of drug-likeness (QED) is 0.575. The molecule has 0 bridgehead atoms. The number of allylic oxidation sites excluding steroid dienone is 1. The molecule has 0 saturated heterocycles. The first-order valence-electron chi connectivity index (χ1n) is 8.54. The lowest BCUT2D eigenvalue weighted by atomic mass is 9.94. The summed E-state index contributed by atoms with van der Waals surface area (Å²) >= 11 is 5.27. The van der Waals surface area contributed by atoms with Gasteiger partial charge in [0.1, 0.15) is 5.75 Å². The van der Waals surface area contributed by atoms with Crippen molar-refractivity contribution in [3.63, 3.8) is 0 Å². The summed E-state index contributed by atoms with van der Waals surface area (Å²) in [5, 5.41) is 19.3. The van der Waals surface area contributed by atoms with E-state index in [9.17, 15) is 9.90 Å². The van der Waals surface area contributed by atoms with E-state index in [-0.39, 0.29) is 11.7 Å². The van der Waals surface area contributed by atoms with Gasteiger partial charge in [-0.1, -0.05) is 18.2 Å². The number of carbonyl (C=O) groups excluding carboxylic acids is 1. The van der Waals surface area contributed by atoms with E-state index in [0.717, 1.165) is 5.56 Å². The van der Waals surface area contributed by atoms with E-state index in [2.05, 4.69) is 16.0 Å². The predicted molar refractivity (Wildman–Crippen MR) is 111 cm³/mol. The number of benzene rings is 2. The molecule has 1 heterocycles. The number of nitrogens with one attached hydrogen (secondary N) is 3. The van der Waals surface area contributed by atoms with E-state index in [0.29, 0.717) is 33.6 Å². The van der Waals surface area contributed by atoms with Crippen LogP contribution in [-0.2, 0) is 4.79 Å². The van der Waals surface area contributed by atoms with Crippen LogP contribution in [0.5, 0.6) is 17.2 Å². The number of para-hydroxylation sites is 2. The fourth-order valence-electron chi connectivity index (χ4n) is 3.06. The molecule has 2 aromatic carbocycles. The fraction of sp³-hybridized carbons (Fsp3) is 0.200. The van der Waals surface area contributed by atoms with Crippen LogP contribution in [0.1, 0.15) is 18.5 Å². The summed E-state index contributed by atoms with van der Waals surface area (Å²) in [5.41, 5.74) is 2.38. The number of anilines is 1. The molecule has 0 saturated carbocycles. The molecule has 3 rings (SSSR count). The van der Waals surface area contributed by atoms with Crippen molar-refractivity contribution >= 4 is 28.9 Å². The van der Waals surface area contributed by atoms with E-state index in [1.165, 1.54) is 13.2 Å². The van der Waals surface area contributed by atoms with E-state index in [1.807, 2.05) is 12.1 Å². The zero-order valence-electron chi connectivity index (χ0n) is 15.7. The molecule has 28 heavy (non-hydrogen) atoms. The summed E-state index contributed by atoms with van der Waals surface area (Å²) in [6.07, 6.45) is 0. The van der Waals surface area contributed by atoms with Crippen molar-refractivity contribution in [2.75, 3.05) is 19.5 Å². The number of ether oxygens (including phenoxy) is 2. The van der Waals surface area contributed by atoms with Gasteiger partial charge >= 0.3 is 0 Å².